The van der Waals surface area contributed by atoms with Crippen LogP contribution in [0, 0.1) is 5.82 Å². The van der Waals surface area contributed by atoms with Gasteiger partial charge in [0.1, 0.15) is 5.82 Å². The van der Waals surface area contributed by atoms with Gasteiger partial charge in [-0.05, 0) is 47.4 Å². The Hall–Kier alpha value is -3.01. The molecule has 0 aliphatic rings. The number of pyridine rings is 1. The average molecular weight is 348 g/mol. The molecule has 3 rings (SSSR count). The molecular formula is C22H21FN2O. The molecule has 0 aliphatic heterocycles. The van der Waals surface area contributed by atoms with Gasteiger partial charge in [-0.3, -0.25) is 9.78 Å². The zero-order valence-electron chi connectivity index (χ0n) is 15.1. The van der Waals surface area contributed by atoms with E-state index in [4.69, 9.17) is 0 Å². The lowest BCUT2D eigenvalue weighted by molar-refractivity contribution is 0.102. The zero-order valence-corrected chi connectivity index (χ0v) is 15.1. The van der Waals surface area contributed by atoms with Crippen LogP contribution >= 0.6 is 0 Å². The van der Waals surface area contributed by atoms with E-state index in [1.54, 1.807) is 24.3 Å². The number of rotatable bonds is 3. The highest BCUT2D eigenvalue weighted by molar-refractivity contribution is 6.04. The minimum atomic E-state index is -0.315. The number of hydrogen-bond donors (Lipinski definition) is 1. The lowest BCUT2D eigenvalue weighted by atomic mass is 9.87. The maximum atomic E-state index is 13.3. The molecule has 3 nitrogen and oxygen atoms in total. The number of halogens is 1. The molecular weight excluding hydrogens is 327 g/mol. The number of benzene rings is 2. The summed E-state index contributed by atoms with van der Waals surface area (Å²) >= 11 is 0. The first-order chi connectivity index (χ1) is 12.3. The second-order valence-corrected chi connectivity index (χ2v) is 7.23. The van der Waals surface area contributed by atoms with Crippen LogP contribution in [0.15, 0.2) is 66.9 Å². The second kappa shape index (κ2) is 7.08. The molecule has 0 radical (unpaired) electrons. The molecule has 0 saturated heterocycles. The van der Waals surface area contributed by atoms with Crippen LogP contribution in [-0.2, 0) is 5.41 Å². The number of nitrogens with one attached hydrogen (secondary N) is 1. The average Bonchev–Trinajstić information content (AvgIpc) is 2.61. The fraction of sp³-hybridized carbons (Fsp3) is 0.182. The van der Waals surface area contributed by atoms with Gasteiger partial charge in [-0.1, -0.05) is 45.0 Å². The molecule has 0 bridgehead atoms. The number of aromatic nitrogens is 1. The van der Waals surface area contributed by atoms with Gasteiger partial charge in [0.05, 0.1) is 11.3 Å². The molecule has 3 aromatic rings. The first-order valence-electron chi connectivity index (χ1n) is 8.47. The van der Waals surface area contributed by atoms with Crippen molar-refractivity contribution in [2.24, 2.45) is 0 Å². The predicted octanol–water partition coefficient (Wildman–Crippen LogP) is 5.44. The van der Waals surface area contributed by atoms with Crippen LogP contribution in [0.2, 0.25) is 0 Å². The summed E-state index contributed by atoms with van der Waals surface area (Å²) in [6.45, 7) is 6.38. The molecule has 132 valence electrons. The van der Waals surface area contributed by atoms with Crippen molar-refractivity contribution in [3.63, 3.8) is 0 Å². The molecule has 1 amide bonds. The van der Waals surface area contributed by atoms with Crippen molar-refractivity contribution in [3.05, 3.63) is 83.8 Å². The van der Waals surface area contributed by atoms with Crippen molar-refractivity contribution in [2.45, 2.75) is 26.2 Å². The molecule has 2 aromatic carbocycles. The summed E-state index contributed by atoms with van der Waals surface area (Å²) in [5, 5.41) is 2.90. The minimum absolute atomic E-state index is 0.00883. The van der Waals surface area contributed by atoms with E-state index in [0.717, 1.165) is 11.3 Å². The van der Waals surface area contributed by atoms with Crippen LogP contribution in [0.25, 0.3) is 11.3 Å². The molecule has 0 atom stereocenters. The number of amides is 1. The fourth-order valence-electron chi connectivity index (χ4n) is 2.61. The quantitative estimate of drug-likeness (QED) is 0.685. The Bertz CT molecular complexity index is 927. The van der Waals surface area contributed by atoms with E-state index in [0.29, 0.717) is 16.8 Å². The first-order valence-corrected chi connectivity index (χ1v) is 8.47. The molecule has 0 aliphatic carbocycles. The van der Waals surface area contributed by atoms with Crippen molar-refractivity contribution in [3.8, 4) is 11.3 Å². The highest BCUT2D eigenvalue weighted by Crippen LogP contribution is 2.25. The van der Waals surface area contributed by atoms with E-state index in [1.165, 1.54) is 18.3 Å². The topological polar surface area (TPSA) is 42.0 Å². The van der Waals surface area contributed by atoms with Crippen molar-refractivity contribution in [1.29, 1.82) is 0 Å². The summed E-state index contributed by atoms with van der Waals surface area (Å²) < 4.78 is 13.3. The minimum Gasteiger partial charge on any atom is -0.322 e. The molecule has 0 fully saturated rings. The van der Waals surface area contributed by atoms with E-state index in [2.05, 4.69) is 31.1 Å². The summed E-state index contributed by atoms with van der Waals surface area (Å²) in [5.74, 6) is -0.542. The van der Waals surface area contributed by atoms with Gasteiger partial charge in [-0.25, -0.2) is 4.39 Å². The van der Waals surface area contributed by atoms with Crippen LogP contribution in [0.4, 0.5) is 10.1 Å². The lowest BCUT2D eigenvalue weighted by Gasteiger charge is -2.19. The van der Waals surface area contributed by atoms with Crippen LogP contribution in [0.3, 0.4) is 0 Å². The van der Waals surface area contributed by atoms with E-state index < -0.39 is 0 Å². The smallest absolute Gasteiger partial charge is 0.257 e. The lowest BCUT2D eigenvalue weighted by Crippen LogP contribution is -2.14. The molecule has 1 aromatic heterocycles. The summed E-state index contributed by atoms with van der Waals surface area (Å²) in [6, 6.07) is 17.4. The SMILES string of the molecule is CC(C)(C)c1cccc(NC(=O)c2ccc(-c3cccc(F)c3)nc2)c1. The summed E-state index contributed by atoms with van der Waals surface area (Å²) in [6.07, 6.45) is 1.50. The van der Waals surface area contributed by atoms with Gasteiger partial charge in [0, 0.05) is 17.4 Å². The van der Waals surface area contributed by atoms with Gasteiger partial charge in [-0.15, -0.1) is 0 Å². The molecule has 0 unspecified atom stereocenters. The van der Waals surface area contributed by atoms with E-state index in [9.17, 15) is 9.18 Å². The van der Waals surface area contributed by atoms with Crippen LogP contribution in [-0.4, -0.2) is 10.9 Å². The van der Waals surface area contributed by atoms with E-state index in [1.807, 2.05) is 24.3 Å². The predicted molar refractivity (Wildman–Crippen MR) is 103 cm³/mol. The largest absolute Gasteiger partial charge is 0.322 e. The maximum Gasteiger partial charge on any atom is 0.257 e. The van der Waals surface area contributed by atoms with Crippen molar-refractivity contribution in [2.75, 3.05) is 5.32 Å². The highest BCUT2D eigenvalue weighted by atomic mass is 19.1. The van der Waals surface area contributed by atoms with Gasteiger partial charge in [0.25, 0.3) is 5.91 Å². The Morgan fingerprint density at radius 1 is 1.00 bits per heavy atom. The molecule has 4 heteroatoms. The number of nitrogens with zero attached hydrogens (tertiary/aromatic N) is 1. The van der Waals surface area contributed by atoms with Crippen molar-refractivity contribution < 1.29 is 9.18 Å². The van der Waals surface area contributed by atoms with Gasteiger partial charge in [0.15, 0.2) is 0 Å². The monoisotopic (exact) mass is 348 g/mol. The van der Waals surface area contributed by atoms with E-state index >= 15 is 0 Å². The number of anilines is 1. The Balaban J connectivity index is 1.77. The maximum absolute atomic E-state index is 13.3. The van der Waals surface area contributed by atoms with Crippen molar-refractivity contribution in [1.82, 2.24) is 4.98 Å². The normalized spacial score (nSPS) is 11.2. The Morgan fingerprint density at radius 3 is 2.42 bits per heavy atom. The summed E-state index contributed by atoms with van der Waals surface area (Å²) in [4.78, 5) is 16.7. The Labute approximate surface area is 152 Å². The fourth-order valence-corrected chi connectivity index (χ4v) is 2.61. The Morgan fingerprint density at radius 2 is 1.77 bits per heavy atom. The van der Waals surface area contributed by atoms with Crippen LogP contribution in [0.1, 0.15) is 36.7 Å². The molecule has 26 heavy (non-hydrogen) atoms. The standard InChI is InChI=1S/C22H21FN2O/c1-22(2,3)17-7-5-9-19(13-17)25-21(26)16-10-11-20(24-14-16)15-6-4-8-18(23)12-15/h4-14H,1-3H3,(H,25,26). The second-order valence-electron chi connectivity index (χ2n) is 7.23. The first kappa shape index (κ1) is 17.8. The third-order valence-corrected chi connectivity index (χ3v) is 4.13. The van der Waals surface area contributed by atoms with Crippen LogP contribution < -0.4 is 5.32 Å². The summed E-state index contributed by atoms with van der Waals surface area (Å²) in [5.41, 5.74) is 3.65. The summed E-state index contributed by atoms with van der Waals surface area (Å²) in [7, 11) is 0. The zero-order chi connectivity index (χ0) is 18.7. The number of carbonyl (C=O) groups excluding carboxylic acids is 1. The third kappa shape index (κ3) is 4.14. The van der Waals surface area contributed by atoms with Gasteiger partial charge in [0.2, 0.25) is 0 Å². The van der Waals surface area contributed by atoms with E-state index in [-0.39, 0.29) is 17.1 Å². The number of carbonyl (C=O) groups is 1. The molecule has 1 heterocycles. The van der Waals surface area contributed by atoms with Gasteiger partial charge < -0.3 is 5.32 Å². The molecule has 0 spiro atoms. The molecule has 1 N–H and O–H groups in total. The third-order valence-electron chi connectivity index (χ3n) is 4.13. The van der Waals surface area contributed by atoms with Gasteiger partial charge in [-0.2, -0.15) is 0 Å². The Kier molecular flexibility index (Phi) is 4.85. The highest BCUT2D eigenvalue weighted by Gasteiger charge is 2.14. The van der Waals surface area contributed by atoms with Gasteiger partial charge >= 0.3 is 0 Å². The number of hydrogen-bond acceptors (Lipinski definition) is 2. The van der Waals surface area contributed by atoms with Crippen molar-refractivity contribution >= 4 is 11.6 Å². The molecule has 0 saturated carbocycles. The van der Waals surface area contributed by atoms with Crippen LogP contribution in [0.5, 0.6) is 0 Å².